The first kappa shape index (κ1) is 13.9. The zero-order valence-corrected chi connectivity index (χ0v) is 10.3. The Morgan fingerprint density at radius 2 is 2.16 bits per heavy atom. The molecule has 0 unspecified atom stereocenters. The highest BCUT2D eigenvalue weighted by molar-refractivity contribution is 5.38. The van der Waals surface area contributed by atoms with Crippen LogP contribution in [0.2, 0.25) is 0 Å². The van der Waals surface area contributed by atoms with E-state index in [9.17, 15) is 13.2 Å². The number of rotatable bonds is 5. The van der Waals surface area contributed by atoms with Crippen LogP contribution < -0.4 is 10.1 Å². The molecule has 1 aromatic rings. The van der Waals surface area contributed by atoms with Crippen LogP contribution in [-0.2, 0) is 10.9 Å². The number of alkyl halides is 3. The lowest BCUT2D eigenvalue weighted by Gasteiger charge is -2.26. The number of anilines is 1. The van der Waals surface area contributed by atoms with E-state index in [1.54, 1.807) is 0 Å². The summed E-state index contributed by atoms with van der Waals surface area (Å²) in [5, 5.41) is 2.79. The van der Waals surface area contributed by atoms with Crippen molar-refractivity contribution in [1.29, 1.82) is 0 Å². The molecule has 106 valence electrons. The number of nitrogens with zero attached hydrogens (tertiary/aromatic N) is 2. The second-order valence-corrected chi connectivity index (χ2v) is 4.12. The van der Waals surface area contributed by atoms with Crippen LogP contribution in [0.1, 0.15) is 19.2 Å². The molecule has 0 aliphatic carbocycles. The van der Waals surface area contributed by atoms with Gasteiger partial charge in [-0.05, 0) is 6.42 Å². The van der Waals surface area contributed by atoms with Gasteiger partial charge in [-0.3, -0.25) is 0 Å². The Bertz CT molecular complexity index is 436. The van der Waals surface area contributed by atoms with Gasteiger partial charge in [0.25, 0.3) is 0 Å². The molecule has 2 rings (SSSR count). The summed E-state index contributed by atoms with van der Waals surface area (Å²) in [6, 6.07) is 1.36. The van der Waals surface area contributed by atoms with Gasteiger partial charge in [-0.1, -0.05) is 6.92 Å². The summed E-state index contributed by atoms with van der Waals surface area (Å²) in [6.45, 7) is 3.16. The van der Waals surface area contributed by atoms with Crippen molar-refractivity contribution in [3.05, 3.63) is 11.9 Å². The highest BCUT2D eigenvalue weighted by atomic mass is 19.4. The molecule has 0 aromatic carbocycles. The van der Waals surface area contributed by atoms with Gasteiger partial charge >= 0.3 is 6.18 Å². The molecule has 0 saturated carbocycles. The second kappa shape index (κ2) is 5.60. The van der Waals surface area contributed by atoms with Crippen LogP contribution in [-0.4, -0.2) is 35.8 Å². The molecule has 0 spiro atoms. The predicted molar refractivity (Wildman–Crippen MR) is 61.0 cm³/mol. The molecular formula is C11H14F3N3O2. The number of halogens is 3. The second-order valence-electron chi connectivity index (χ2n) is 4.12. The summed E-state index contributed by atoms with van der Waals surface area (Å²) in [5.74, 6) is -1.18. The smallest absolute Gasteiger partial charge is 0.451 e. The molecule has 1 aliphatic rings. The van der Waals surface area contributed by atoms with Crippen molar-refractivity contribution >= 4 is 5.82 Å². The first-order valence-electron chi connectivity index (χ1n) is 5.93. The summed E-state index contributed by atoms with van der Waals surface area (Å²) in [4.78, 5) is 6.82. The number of hydrogen-bond acceptors (Lipinski definition) is 5. The molecule has 5 nitrogen and oxygen atoms in total. The fourth-order valence-corrected chi connectivity index (χ4v) is 1.41. The van der Waals surface area contributed by atoms with Gasteiger partial charge in [-0.15, -0.1) is 0 Å². The van der Waals surface area contributed by atoms with Crippen LogP contribution >= 0.6 is 0 Å². The van der Waals surface area contributed by atoms with Crippen molar-refractivity contribution in [2.75, 3.05) is 25.1 Å². The van der Waals surface area contributed by atoms with E-state index in [0.29, 0.717) is 19.8 Å². The lowest BCUT2D eigenvalue weighted by Crippen LogP contribution is -2.38. The molecule has 1 saturated heterocycles. The lowest BCUT2D eigenvalue weighted by molar-refractivity contribution is -0.145. The Morgan fingerprint density at radius 1 is 1.42 bits per heavy atom. The van der Waals surface area contributed by atoms with Crippen molar-refractivity contribution in [3.63, 3.8) is 0 Å². The minimum atomic E-state index is -4.60. The Kier molecular flexibility index (Phi) is 4.08. The highest BCUT2D eigenvalue weighted by Crippen LogP contribution is 2.29. The SMILES string of the molecule is CCCNc1cc(OC2COC2)nc(C(F)(F)F)n1. The topological polar surface area (TPSA) is 56.3 Å². The van der Waals surface area contributed by atoms with E-state index in [0.717, 1.165) is 6.42 Å². The monoisotopic (exact) mass is 277 g/mol. The van der Waals surface area contributed by atoms with Crippen LogP contribution in [0.4, 0.5) is 19.0 Å². The fraction of sp³-hybridized carbons (Fsp3) is 0.636. The average molecular weight is 277 g/mol. The zero-order chi connectivity index (χ0) is 13.9. The molecule has 0 bridgehead atoms. The van der Waals surface area contributed by atoms with E-state index in [1.165, 1.54) is 6.07 Å². The molecule has 1 N–H and O–H groups in total. The van der Waals surface area contributed by atoms with Gasteiger partial charge in [-0.25, -0.2) is 4.98 Å². The van der Waals surface area contributed by atoms with Crippen LogP contribution in [0.5, 0.6) is 5.88 Å². The van der Waals surface area contributed by atoms with E-state index in [-0.39, 0.29) is 17.8 Å². The van der Waals surface area contributed by atoms with Crippen molar-refractivity contribution in [2.24, 2.45) is 0 Å². The standard InChI is InChI=1S/C11H14F3N3O2/c1-2-3-15-8-4-9(19-7-5-18-6-7)17-10(16-8)11(12,13)14/h4,7H,2-3,5-6H2,1H3,(H,15,16,17). The molecule has 8 heteroatoms. The third-order valence-electron chi connectivity index (χ3n) is 2.41. The maximum atomic E-state index is 12.7. The Hall–Kier alpha value is -1.57. The van der Waals surface area contributed by atoms with Crippen molar-refractivity contribution in [3.8, 4) is 5.88 Å². The normalized spacial score (nSPS) is 16.0. The fourth-order valence-electron chi connectivity index (χ4n) is 1.41. The van der Waals surface area contributed by atoms with Gasteiger partial charge in [0.2, 0.25) is 11.7 Å². The van der Waals surface area contributed by atoms with E-state index < -0.39 is 12.0 Å². The summed E-state index contributed by atoms with van der Waals surface area (Å²) in [7, 11) is 0. The van der Waals surface area contributed by atoms with Gasteiger partial charge < -0.3 is 14.8 Å². The largest absolute Gasteiger partial charge is 0.469 e. The predicted octanol–water partition coefficient (Wildman–Crippen LogP) is 2.09. The highest BCUT2D eigenvalue weighted by Gasteiger charge is 2.36. The van der Waals surface area contributed by atoms with E-state index >= 15 is 0 Å². The van der Waals surface area contributed by atoms with Gasteiger partial charge in [0, 0.05) is 12.6 Å². The Labute approximate surface area is 108 Å². The van der Waals surface area contributed by atoms with Gasteiger partial charge in [0.1, 0.15) is 11.9 Å². The summed E-state index contributed by atoms with van der Waals surface area (Å²) in [5.41, 5.74) is 0. The van der Waals surface area contributed by atoms with Crippen LogP contribution in [0, 0.1) is 0 Å². The summed E-state index contributed by atoms with van der Waals surface area (Å²) in [6.07, 6.45) is -4.06. The molecular weight excluding hydrogens is 263 g/mol. The zero-order valence-electron chi connectivity index (χ0n) is 10.3. The van der Waals surface area contributed by atoms with E-state index in [1.807, 2.05) is 6.92 Å². The number of hydrogen-bond donors (Lipinski definition) is 1. The van der Waals surface area contributed by atoms with Crippen LogP contribution in [0.25, 0.3) is 0 Å². The van der Waals surface area contributed by atoms with Crippen molar-refractivity contribution < 1.29 is 22.6 Å². The molecule has 19 heavy (non-hydrogen) atoms. The van der Waals surface area contributed by atoms with Crippen LogP contribution in [0.3, 0.4) is 0 Å². The first-order valence-corrected chi connectivity index (χ1v) is 5.93. The minimum absolute atomic E-state index is 0.0887. The van der Waals surface area contributed by atoms with Gasteiger partial charge in [-0.2, -0.15) is 18.2 Å². The summed E-state index contributed by atoms with van der Waals surface area (Å²) < 4.78 is 48.2. The number of nitrogens with one attached hydrogen (secondary N) is 1. The molecule has 0 amide bonds. The molecule has 1 aromatic heterocycles. The van der Waals surface area contributed by atoms with E-state index in [2.05, 4.69) is 15.3 Å². The molecule has 0 radical (unpaired) electrons. The van der Waals surface area contributed by atoms with Crippen molar-refractivity contribution in [2.45, 2.75) is 25.6 Å². The third kappa shape index (κ3) is 3.69. The van der Waals surface area contributed by atoms with Gasteiger partial charge in [0.15, 0.2) is 0 Å². The molecule has 2 heterocycles. The quantitative estimate of drug-likeness (QED) is 0.893. The minimum Gasteiger partial charge on any atom is -0.469 e. The summed E-state index contributed by atoms with van der Waals surface area (Å²) >= 11 is 0. The average Bonchev–Trinajstić information content (AvgIpc) is 2.30. The Morgan fingerprint density at radius 3 is 2.68 bits per heavy atom. The van der Waals surface area contributed by atoms with Crippen molar-refractivity contribution in [1.82, 2.24) is 9.97 Å². The molecule has 0 atom stereocenters. The van der Waals surface area contributed by atoms with Gasteiger partial charge in [0.05, 0.1) is 13.2 Å². The molecule has 1 aliphatic heterocycles. The van der Waals surface area contributed by atoms with E-state index in [4.69, 9.17) is 9.47 Å². The Balaban J connectivity index is 2.19. The maximum Gasteiger partial charge on any atom is 0.451 e. The maximum absolute atomic E-state index is 12.7. The lowest BCUT2D eigenvalue weighted by atomic mass is 10.3. The number of aromatic nitrogens is 2. The number of ether oxygens (including phenoxy) is 2. The van der Waals surface area contributed by atoms with Crippen LogP contribution in [0.15, 0.2) is 6.07 Å². The third-order valence-corrected chi connectivity index (χ3v) is 2.41. The first-order chi connectivity index (χ1) is 8.99. The molecule has 1 fully saturated rings.